The van der Waals surface area contributed by atoms with E-state index in [4.69, 9.17) is 0 Å². The first kappa shape index (κ1) is 13.5. The number of aromatic amines is 1. The van der Waals surface area contributed by atoms with Crippen LogP contribution in [-0.2, 0) is 6.54 Å². The molecule has 0 bridgehead atoms. The van der Waals surface area contributed by atoms with Crippen molar-refractivity contribution in [1.29, 1.82) is 0 Å². The molecule has 0 spiro atoms. The molecule has 4 rings (SSSR count). The topological polar surface area (TPSA) is 63.6 Å². The molecule has 3 aromatic heterocycles. The molecule has 0 aliphatic heterocycles. The Kier molecular flexibility index (Phi) is 3.24. The zero-order chi connectivity index (χ0) is 15.6. The zero-order valence-electron chi connectivity index (χ0n) is 12.3. The standard InChI is InChI=1S/C18H14N4O/c23-18-6-5-16(12-22(18)11-13-2-1-7-19-9-13)14-3-4-15-10-20-21-17(15)8-14/h1-10,12H,11H2,(H,20,21). The summed E-state index contributed by atoms with van der Waals surface area (Å²) >= 11 is 0. The third-order valence-electron chi connectivity index (χ3n) is 3.83. The summed E-state index contributed by atoms with van der Waals surface area (Å²) in [5.41, 5.74) is 3.98. The van der Waals surface area contributed by atoms with E-state index in [1.807, 2.05) is 42.6 Å². The second kappa shape index (κ2) is 5.53. The largest absolute Gasteiger partial charge is 0.310 e. The van der Waals surface area contributed by atoms with Gasteiger partial charge in [0, 0.05) is 30.0 Å². The molecule has 0 aliphatic carbocycles. The maximum absolute atomic E-state index is 12.1. The van der Waals surface area contributed by atoms with Gasteiger partial charge in [-0.2, -0.15) is 5.10 Å². The van der Waals surface area contributed by atoms with E-state index in [1.54, 1.807) is 29.2 Å². The third-order valence-corrected chi connectivity index (χ3v) is 3.83. The summed E-state index contributed by atoms with van der Waals surface area (Å²) in [6.07, 6.45) is 7.17. The monoisotopic (exact) mass is 302 g/mol. The van der Waals surface area contributed by atoms with E-state index in [0.29, 0.717) is 6.54 Å². The molecule has 1 N–H and O–H groups in total. The van der Waals surface area contributed by atoms with Crippen LogP contribution in [0.2, 0.25) is 0 Å². The Labute approximate surface area is 132 Å². The van der Waals surface area contributed by atoms with E-state index in [2.05, 4.69) is 15.2 Å². The van der Waals surface area contributed by atoms with Gasteiger partial charge in [-0.25, -0.2) is 0 Å². The van der Waals surface area contributed by atoms with Crippen molar-refractivity contribution in [3.8, 4) is 11.1 Å². The normalized spacial score (nSPS) is 11.0. The van der Waals surface area contributed by atoms with Gasteiger partial charge in [0.25, 0.3) is 5.56 Å². The molecular weight excluding hydrogens is 288 g/mol. The maximum Gasteiger partial charge on any atom is 0.250 e. The van der Waals surface area contributed by atoms with E-state index in [-0.39, 0.29) is 5.56 Å². The van der Waals surface area contributed by atoms with Gasteiger partial charge in [0.1, 0.15) is 0 Å². The number of nitrogens with zero attached hydrogens (tertiary/aromatic N) is 3. The molecule has 1 aromatic carbocycles. The Morgan fingerprint density at radius 3 is 2.83 bits per heavy atom. The lowest BCUT2D eigenvalue weighted by molar-refractivity contribution is 0.758. The Morgan fingerprint density at radius 2 is 1.96 bits per heavy atom. The van der Waals surface area contributed by atoms with Gasteiger partial charge in [-0.1, -0.05) is 18.2 Å². The molecular formula is C18H14N4O. The number of benzene rings is 1. The molecule has 0 saturated carbocycles. The lowest BCUT2D eigenvalue weighted by atomic mass is 10.1. The molecule has 23 heavy (non-hydrogen) atoms. The Bertz CT molecular complexity index is 1020. The van der Waals surface area contributed by atoms with Gasteiger partial charge in [-0.15, -0.1) is 0 Å². The van der Waals surface area contributed by atoms with Gasteiger partial charge in [-0.05, 0) is 34.9 Å². The van der Waals surface area contributed by atoms with Crippen molar-refractivity contribution in [3.05, 3.63) is 83.2 Å². The summed E-state index contributed by atoms with van der Waals surface area (Å²) in [4.78, 5) is 16.2. The van der Waals surface area contributed by atoms with Crippen molar-refractivity contribution in [2.45, 2.75) is 6.54 Å². The van der Waals surface area contributed by atoms with Gasteiger partial charge < -0.3 is 4.57 Å². The summed E-state index contributed by atoms with van der Waals surface area (Å²) in [5.74, 6) is 0. The SMILES string of the molecule is O=c1ccc(-c2ccc3cn[nH]c3c2)cn1Cc1cccnc1. The van der Waals surface area contributed by atoms with Crippen LogP contribution < -0.4 is 5.56 Å². The fraction of sp³-hybridized carbons (Fsp3) is 0.0556. The zero-order valence-corrected chi connectivity index (χ0v) is 12.3. The molecule has 5 heteroatoms. The molecule has 3 heterocycles. The van der Waals surface area contributed by atoms with Crippen molar-refractivity contribution < 1.29 is 0 Å². The van der Waals surface area contributed by atoms with Crippen molar-refractivity contribution in [2.24, 2.45) is 0 Å². The maximum atomic E-state index is 12.1. The highest BCUT2D eigenvalue weighted by molar-refractivity contribution is 5.83. The van der Waals surface area contributed by atoms with Gasteiger partial charge in [0.05, 0.1) is 18.3 Å². The summed E-state index contributed by atoms with van der Waals surface area (Å²) in [6, 6.07) is 13.4. The number of fused-ring (bicyclic) bond motifs is 1. The molecule has 0 aliphatic rings. The second-order valence-corrected chi connectivity index (χ2v) is 5.42. The van der Waals surface area contributed by atoms with E-state index < -0.39 is 0 Å². The van der Waals surface area contributed by atoms with E-state index in [9.17, 15) is 4.79 Å². The molecule has 0 radical (unpaired) electrons. The lowest BCUT2D eigenvalue weighted by Gasteiger charge is -2.08. The summed E-state index contributed by atoms with van der Waals surface area (Å²) < 4.78 is 1.70. The van der Waals surface area contributed by atoms with Crippen molar-refractivity contribution in [2.75, 3.05) is 0 Å². The average Bonchev–Trinajstić information content (AvgIpc) is 3.05. The predicted octanol–water partition coefficient (Wildman–Crippen LogP) is 2.83. The minimum absolute atomic E-state index is 0.0276. The van der Waals surface area contributed by atoms with E-state index >= 15 is 0 Å². The molecule has 4 aromatic rings. The molecule has 0 saturated heterocycles. The Balaban J connectivity index is 1.75. The van der Waals surface area contributed by atoms with Gasteiger partial charge in [-0.3, -0.25) is 14.9 Å². The van der Waals surface area contributed by atoms with Gasteiger partial charge in [0.15, 0.2) is 0 Å². The minimum atomic E-state index is -0.0276. The number of pyridine rings is 2. The quantitative estimate of drug-likeness (QED) is 0.633. The number of rotatable bonds is 3. The first-order valence-corrected chi connectivity index (χ1v) is 7.32. The first-order valence-electron chi connectivity index (χ1n) is 7.32. The van der Waals surface area contributed by atoms with Crippen LogP contribution >= 0.6 is 0 Å². The van der Waals surface area contributed by atoms with Crippen molar-refractivity contribution in [1.82, 2.24) is 19.7 Å². The van der Waals surface area contributed by atoms with Crippen LogP contribution in [0.3, 0.4) is 0 Å². The molecule has 0 unspecified atom stereocenters. The average molecular weight is 302 g/mol. The predicted molar refractivity (Wildman–Crippen MR) is 89.1 cm³/mol. The highest BCUT2D eigenvalue weighted by Gasteiger charge is 2.04. The lowest BCUT2D eigenvalue weighted by Crippen LogP contribution is -2.19. The molecule has 5 nitrogen and oxygen atoms in total. The Morgan fingerprint density at radius 1 is 1.04 bits per heavy atom. The summed E-state index contributed by atoms with van der Waals surface area (Å²) in [5, 5.41) is 8.07. The van der Waals surface area contributed by atoms with Crippen LogP contribution in [0.5, 0.6) is 0 Å². The third kappa shape index (κ3) is 2.64. The Hall–Kier alpha value is -3.21. The van der Waals surface area contributed by atoms with Gasteiger partial charge in [0.2, 0.25) is 0 Å². The van der Waals surface area contributed by atoms with Gasteiger partial charge >= 0.3 is 0 Å². The number of H-pyrrole nitrogens is 1. The van der Waals surface area contributed by atoms with Crippen LogP contribution in [0.1, 0.15) is 5.56 Å². The fourth-order valence-corrected chi connectivity index (χ4v) is 2.63. The molecule has 0 atom stereocenters. The van der Waals surface area contributed by atoms with Crippen molar-refractivity contribution in [3.63, 3.8) is 0 Å². The van der Waals surface area contributed by atoms with E-state index in [1.165, 1.54) is 0 Å². The van der Waals surface area contributed by atoms with Crippen LogP contribution in [-0.4, -0.2) is 19.7 Å². The minimum Gasteiger partial charge on any atom is -0.310 e. The smallest absolute Gasteiger partial charge is 0.250 e. The van der Waals surface area contributed by atoms with Crippen LogP contribution in [0.15, 0.2) is 72.0 Å². The highest BCUT2D eigenvalue weighted by Crippen LogP contribution is 2.22. The first-order chi connectivity index (χ1) is 11.3. The highest BCUT2D eigenvalue weighted by atomic mass is 16.1. The molecule has 0 fully saturated rings. The van der Waals surface area contributed by atoms with E-state index in [0.717, 1.165) is 27.6 Å². The number of nitrogens with one attached hydrogen (secondary N) is 1. The van der Waals surface area contributed by atoms with Crippen LogP contribution in [0.4, 0.5) is 0 Å². The second-order valence-electron chi connectivity index (χ2n) is 5.42. The summed E-state index contributed by atoms with van der Waals surface area (Å²) in [6.45, 7) is 0.507. The molecule has 112 valence electrons. The molecule has 0 amide bonds. The van der Waals surface area contributed by atoms with Crippen LogP contribution in [0, 0.1) is 0 Å². The number of hydrogen-bond acceptors (Lipinski definition) is 3. The number of aromatic nitrogens is 4. The van der Waals surface area contributed by atoms with Crippen molar-refractivity contribution >= 4 is 10.9 Å². The fourth-order valence-electron chi connectivity index (χ4n) is 2.63. The van der Waals surface area contributed by atoms with Crippen LogP contribution in [0.25, 0.3) is 22.0 Å². The summed E-state index contributed by atoms with van der Waals surface area (Å²) in [7, 11) is 0. The number of hydrogen-bond donors (Lipinski definition) is 1.